The van der Waals surface area contributed by atoms with E-state index in [1.54, 1.807) is 24.8 Å². The maximum Gasteiger partial charge on any atom is 0.345 e. The lowest BCUT2D eigenvalue weighted by Crippen LogP contribution is -2.36. The molecule has 0 unspecified atom stereocenters. The Bertz CT molecular complexity index is 623. The second-order valence-electron chi connectivity index (χ2n) is 7.63. The molecule has 1 fully saturated rings. The van der Waals surface area contributed by atoms with Crippen LogP contribution in [0.5, 0.6) is 0 Å². The summed E-state index contributed by atoms with van der Waals surface area (Å²) < 4.78 is 0. The average molecular weight is 307 g/mol. The summed E-state index contributed by atoms with van der Waals surface area (Å²) in [7, 11) is 0. The number of carbonyl (C=O) groups excluding carboxylic acids is 1. The highest BCUT2D eigenvalue weighted by atomic mass is 16.3. The summed E-state index contributed by atoms with van der Waals surface area (Å²) in [6, 6.07) is 1.65. The fourth-order valence-electron chi connectivity index (χ4n) is 2.65. The van der Waals surface area contributed by atoms with Crippen LogP contribution in [0.3, 0.4) is 0 Å². The van der Waals surface area contributed by atoms with Crippen molar-refractivity contribution < 1.29 is 9.90 Å². The number of nitrogens with zero attached hydrogens (tertiary/aromatic N) is 2. The number of rotatable bonds is 2. The molecule has 0 aromatic carbocycles. The molecule has 0 spiro atoms. The first kappa shape index (κ1) is 16.7. The third-order valence-electron chi connectivity index (χ3n) is 4.25. The van der Waals surface area contributed by atoms with Crippen molar-refractivity contribution in [3.63, 3.8) is 0 Å². The topological polar surface area (TPSA) is 86.3 Å². The summed E-state index contributed by atoms with van der Waals surface area (Å²) in [5, 5.41) is 10.1. The van der Waals surface area contributed by atoms with Gasteiger partial charge < -0.3 is 15.0 Å². The summed E-state index contributed by atoms with van der Waals surface area (Å²) in [4.78, 5) is 32.5. The second-order valence-corrected chi connectivity index (χ2v) is 7.63. The standard InChI is InChI=1S/C16H25N3O3/c1-15(2,3)12-8-11(17-14(21)18-12)13(20)19-7-6-10(9-19)16(4,5)22/h8,10,22H,6-7,9H2,1-5H3,(H,17,18,21)/t10-/m1/s1. The van der Waals surface area contributed by atoms with Gasteiger partial charge in [-0.05, 0) is 26.3 Å². The molecule has 1 aromatic heterocycles. The van der Waals surface area contributed by atoms with Crippen molar-refractivity contribution in [1.82, 2.24) is 14.9 Å². The van der Waals surface area contributed by atoms with Gasteiger partial charge in [0.15, 0.2) is 0 Å². The number of hydrogen-bond acceptors (Lipinski definition) is 4. The minimum absolute atomic E-state index is 0.0422. The molecular weight excluding hydrogens is 282 g/mol. The van der Waals surface area contributed by atoms with Crippen LogP contribution in [0.15, 0.2) is 10.9 Å². The Hall–Kier alpha value is -1.69. The first-order valence-electron chi connectivity index (χ1n) is 7.62. The number of likely N-dealkylation sites (tertiary alicyclic amines) is 1. The molecule has 1 aliphatic heterocycles. The van der Waals surface area contributed by atoms with Crippen molar-refractivity contribution in [2.24, 2.45) is 5.92 Å². The summed E-state index contributed by atoms with van der Waals surface area (Å²) in [5.41, 5.74) is -0.724. The van der Waals surface area contributed by atoms with E-state index in [9.17, 15) is 14.7 Å². The highest BCUT2D eigenvalue weighted by Gasteiger charge is 2.36. The first-order chi connectivity index (χ1) is 9.98. The second kappa shape index (κ2) is 5.50. The highest BCUT2D eigenvalue weighted by molar-refractivity contribution is 5.92. The van der Waals surface area contributed by atoms with Gasteiger partial charge >= 0.3 is 5.69 Å². The monoisotopic (exact) mass is 307 g/mol. The van der Waals surface area contributed by atoms with E-state index in [0.717, 1.165) is 6.42 Å². The van der Waals surface area contributed by atoms with Crippen LogP contribution in [0.1, 0.15) is 57.2 Å². The quantitative estimate of drug-likeness (QED) is 0.862. The fourth-order valence-corrected chi connectivity index (χ4v) is 2.65. The van der Waals surface area contributed by atoms with Crippen molar-refractivity contribution in [2.45, 2.75) is 52.1 Å². The van der Waals surface area contributed by atoms with Crippen molar-refractivity contribution in [3.8, 4) is 0 Å². The number of carbonyl (C=O) groups is 1. The molecule has 1 atom stereocenters. The van der Waals surface area contributed by atoms with Crippen molar-refractivity contribution >= 4 is 5.91 Å². The molecule has 122 valence electrons. The predicted molar refractivity (Wildman–Crippen MR) is 83.9 cm³/mol. The van der Waals surface area contributed by atoms with Gasteiger partial charge in [-0.15, -0.1) is 0 Å². The molecule has 1 aromatic rings. The van der Waals surface area contributed by atoms with Crippen LogP contribution in [-0.2, 0) is 5.41 Å². The smallest absolute Gasteiger partial charge is 0.345 e. The minimum atomic E-state index is -0.812. The number of nitrogens with one attached hydrogen (secondary N) is 1. The van der Waals surface area contributed by atoms with E-state index in [0.29, 0.717) is 18.8 Å². The lowest BCUT2D eigenvalue weighted by atomic mass is 9.90. The molecule has 22 heavy (non-hydrogen) atoms. The van der Waals surface area contributed by atoms with E-state index in [1.807, 2.05) is 20.8 Å². The molecule has 1 amide bonds. The number of aliphatic hydroxyl groups is 1. The third kappa shape index (κ3) is 3.55. The largest absolute Gasteiger partial charge is 0.390 e. The Morgan fingerprint density at radius 1 is 1.36 bits per heavy atom. The van der Waals surface area contributed by atoms with E-state index in [4.69, 9.17) is 0 Å². The number of amides is 1. The lowest BCUT2D eigenvalue weighted by Gasteiger charge is -2.25. The molecule has 0 radical (unpaired) electrons. The molecule has 2 N–H and O–H groups in total. The molecule has 1 aliphatic rings. The fraction of sp³-hybridized carbons (Fsp3) is 0.688. The van der Waals surface area contributed by atoms with Crippen LogP contribution in [0, 0.1) is 5.92 Å². The Labute approximate surface area is 130 Å². The average Bonchev–Trinajstić information content (AvgIpc) is 2.85. The summed E-state index contributed by atoms with van der Waals surface area (Å²) in [6.07, 6.45) is 0.755. The molecule has 6 nitrogen and oxygen atoms in total. The summed E-state index contributed by atoms with van der Waals surface area (Å²) in [5.74, 6) is -0.205. The van der Waals surface area contributed by atoms with Crippen molar-refractivity contribution in [1.29, 1.82) is 0 Å². The van der Waals surface area contributed by atoms with Crippen LogP contribution in [0.2, 0.25) is 0 Å². The van der Waals surface area contributed by atoms with Gasteiger partial charge in [0.05, 0.1) is 5.60 Å². The Morgan fingerprint density at radius 2 is 2.00 bits per heavy atom. The van der Waals surface area contributed by atoms with E-state index in [2.05, 4.69) is 9.97 Å². The number of aromatic nitrogens is 2. The zero-order chi connectivity index (χ0) is 16.7. The minimum Gasteiger partial charge on any atom is -0.390 e. The van der Waals surface area contributed by atoms with E-state index in [-0.39, 0.29) is 22.9 Å². The van der Waals surface area contributed by atoms with Crippen LogP contribution in [0.25, 0.3) is 0 Å². The molecule has 1 saturated heterocycles. The van der Waals surface area contributed by atoms with E-state index >= 15 is 0 Å². The molecule has 2 rings (SSSR count). The Morgan fingerprint density at radius 3 is 2.50 bits per heavy atom. The number of hydrogen-bond donors (Lipinski definition) is 2. The van der Waals surface area contributed by atoms with Gasteiger partial charge in [0, 0.05) is 30.1 Å². The first-order valence-corrected chi connectivity index (χ1v) is 7.62. The van der Waals surface area contributed by atoms with E-state index in [1.165, 1.54) is 0 Å². The Balaban J connectivity index is 2.24. The number of aromatic amines is 1. The van der Waals surface area contributed by atoms with Crippen molar-refractivity contribution in [2.75, 3.05) is 13.1 Å². The maximum absolute atomic E-state index is 12.6. The normalized spacial score (nSPS) is 19.5. The highest BCUT2D eigenvalue weighted by Crippen LogP contribution is 2.28. The lowest BCUT2D eigenvalue weighted by molar-refractivity contribution is 0.0211. The SMILES string of the molecule is CC(C)(C)c1cc(C(=O)N2CC[C@@H](C(C)(C)O)C2)nc(=O)[nH]1. The molecule has 0 aliphatic carbocycles. The van der Waals surface area contributed by atoms with Gasteiger partial charge in [-0.25, -0.2) is 4.79 Å². The molecule has 2 heterocycles. The molecule has 0 saturated carbocycles. The van der Waals surface area contributed by atoms with E-state index < -0.39 is 11.3 Å². The van der Waals surface area contributed by atoms with Crippen LogP contribution in [-0.4, -0.2) is 44.6 Å². The van der Waals surface area contributed by atoms with Gasteiger partial charge in [0.2, 0.25) is 0 Å². The van der Waals surface area contributed by atoms with Crippen LogP contribution < -0.4 is 5.69 Å². The van der Waals surface area contributed by atoms with Gasteiger partial charge in [-0.2, -0.15) is 4.98 Å². The van der Waals surface area contributed by atoms with Gasteiger partial charge in [-0.1, -0.05) is 20.8 Å². The molecule has 0 bridgehead atoms. The van der Waals surface area contributed by atoms with Crippen molar-refractivity contribution in [3.05, 3.63) is 27.9 Å². The van der Waals surface area contributed by atoms with Gasteiger partial charge in [0.1, 0.15) is 5.69 Å². The van der Waals surface area contributed by atoms with Gasteiger partial charge in [-0.3, -0.25) is 4.79 Å². The molecule has 6 heteroatoms. The maximum atomic E-state index is 12.6. The zero-order valence-corrected chi connectivity index (χ0v) is 13.9. The summed E-state index contributed by atoms with van der Waals surface area (Å²) >= 11 is 0. The molecular formula is C16H25N3O3. The third-order valence-corrected chi connectivity index (χ3v) is 4.25. The zero-order valence-electron chi connectivity index (χ0n) is 13.9. The Kier molecular flexibility index (Phi) is 4.17. The predicted octanol–water partition coefficient (Wildman–Crippen LogP) is 1.30. The van der Waals surface area contributed by atoms with Gasteiger partial charge in [0.25, 0.3) is 5.91 Å². The summed E-state index contributed by atoms with van der Waals surface area (Å²) in [6.45, 7) is 10.5. The van der Waals surface area contributed by atoms with Crippen LogP contribution in [0.4, 0.5) is 0 Å². The van der Waals surface area contributed by atoms with Crippen LogP contribution >= 0.6 is 0 Å². The number of H-pyrrole nitrogens is 1.